The van der Waals surface area contributed by atoms with Crippen molar-refractivity contribution in [2.75, 3.05) is 13.1 Å². The van der Waals surface area contributed by atoms with E-state index < -0.39 is 6.10 Å². The molecule has 1 saturated heterocycles. The van der Waals surface area contributed by atoms with E-state index in [1.165, 1.54) is 0 Å². The van der Waals surface area contributed by atoms with Crippen molar-refractivity contribution in [2.24, 2.45) is 0 Å². The second-order valence-corrected chi connectivity index (χ2v) is 5.19. The number of hydrogen-bond donors (Lipinski definition) is 3. The number of aryl methyl sites for hydroxylation is 1. The summed E-state index contributed by atoms with van der Waals surface area (Å²) in [6, 6.07) is -0.160. The van der Waals surface area contributed by atoms with Crippen molar-refractivity contribution in [3.05, 3.63) is 17.0 Å². The van der Waals surface area contributed by atoms with E-state index in [1.54, 1.807) is 4.68 Å². The van der Waals surface area contributed by atoms with Crippen LogP contribution in [-0.2, 0) is 11.3 Å². The fraction of sp³-hybridized carbons (Fsp3) is 0.692. The largest absolute Gasteiger partial charge is 0.390 e. The van der Waals surface area contributed by atoms with E-state index in [-0.39, 0.29) is 30.9 Å². The fourth-order valence-corrected chi connectivity index (χ4v) is 2.34. The molecule has 3 N–H and O–H groups in total. The molecule has 114 valence electrons. The normalized spacial score (nSPS) is 22.2. The van der Waals surface area contributed by atoms with Gasteiger partial charge in [0, 0.05) is 12.2 Å². The van der Waals surface area contributed by atoms with E-state index in [4.69, 9.17) is 0 Å². The van der Waals surface area contributed by atoms with Crippen molar-refractivity contribution in [3.63, 3.8) is 0 Å². The molecule has 20 heavy (non-hydrogen) atoms. The van der Waals surface area contributed by atoms with Gasteiger partial charge in [0.15, 0.2) is 0 Å². The minimum atomic E-state index is -0.514. The van der Waals surface area contributed by atoms with E-state index in [9.17, 15) is 9.90 Å². The van der Waals surface area contributed by atoms with E-state index in [2.05, 4.69) is 15.7 Å². The Morgan fingerprint density at radius 3 is 2.75 bits per heavy atom. The van der Waals surface area contributed by atoms with Gasteiger partial charge in [0.2, 0.25) is 5.91 Å². The average Bonchev–Trinajstić information content (AvgIpc) is 2.60. The lowest BCUT2D eigenvalue weighted by Gasteiger charge is -2.29. The van der Waals surface area contributed by atoms with Crippen molar-refractivity contribution in [1.82, 2.24) is 20.4 Å². The molecule has 1 aliphatic heterocycles. The number of amides is 1. The molecule has 1 aliphatic rings. The molecule has 0 radical (unpaired) electrons. The first-order chi connectivity index (χ1) is 8.99. The van der Waals surface area contributed by atoms with Gasteiger partial charge in [0.25, 0.3) is 0 Å². The molecule has 0 aliphatic carbocycles. The Morgan fingerprint density at radius 2 is 2.20 bits per heavy atom. The summed E-state index contributed by atoms with van der Waals surface area (Å²) in [6.07, 6.45) is 0.239. The molecule has 1 fully saturated rings. The lowest BCUT2D eigenvalue weighted by Crippen LogP contribution is -2.53. The minimum absolute atomic E-state index is 0. The predicted octanol–water partition coefficient (Wildman–Crippen LogP) is 0.0692. The van der Waals surface area contributed by atoms with E-state index >= 15 is 0 Å². The molecule has 0 aromatic carbocycles. The summed E-state index contributed by atoms with van der Waals surface area (Å²) in [4.78, 5) is 12.0. The molecule has 1 amide bonds. The number of carbonyl (C=O) groups excluding carboxylic acids is 1. The maximum atomic E-state index is 12.0. The summed E-state index contributed by atoms with van der Waals surface area (Å²) in [6.45, 7) is 7.46. The molecule has 1 aromatic rings. The van der Waals surface area contributed by atoms with E-state index in [0.29, 0.717) is 6.54 Å². The molecule has 6 nitrogen and oxygen atoms in total. The third-order valence-corrected chi connectivity index (χ3v) is 3.83. The van der Waals surface area contributed by atoms with Crippen LogP contribution in [0.2, 0.25) is 0 Å². The zero-order chi connectivity index (χ0) is 14.0. The molecular weight excluding hydrogens is 280 g/mol. The summed E-state index contributed by atoms with van der Waals surface area (Å²) < 4.78 is 1.72. The van der Waals surface area contributed by atoms with Gasteiger partial charge >= 0.3 is 0 Å². The van der Waals surface area contributed by atoms with Crippen molar-refractivity contribution in [3.8, 4) is 0 Å². The Kier molecular flexibility index (Phi) is 5.98. The van der Waals surface area contributed by atoms with Gasteiger partial charge in [-0.05, 0) is 39.3 Å². The van der Waals surface area contributed by atoms with Crippen LogP contribution >= 0.6 is 12.4 Å². The summed E-state index contributed by atoms with van der Waals surface area (Å²) >= 11 is 0. The average molecular weight is 303 g/mol. The highest BCUT2D eigenvalue weighted by molar-refractivity contribution is 5.85. The zero-order valence-electron chi connectivity index (χ0n) is 12.1. The van der Waals surface area contributed by atoms with Crippen LogP contribution in [0.15, 0.2) is 0 Å². The van der Waals surface area contributed by atoms with Crippen LogP contribution in [0, 0.1) is 20.8 Å². The molecule has 2 atom stereocenters. The van der Waals surface area contributed by atoms with Gasteiger partial charge in [-0.3, -0.25) is 9.48 Å². The molecule has 2 rings (SSSR count). The Morgan fingerprint density at radius 1 is 1.50 bits per heavy atom. The number of piperidine rings is 1. The summed E-state index contributed by atoms with van der Waals surface area (Å²) in [7, 11) is 0. The number of halogens is 1. The fourth-order valence-electron chi connectivity index (χ4n) is 2.34. The molecule has 2 heterocycles. The molecule has 7 heteroatoms. The first kappa shape index (κ1) is 16.9. The van der Waals surface area contributed by atoms with Gasteiger partial charge in [0.05, 0.1) is 17.8 Å². The lowest BCUT2D eigenvalue weighted by molar-refractivity contribution is -0.123. The highest BCUT2D eigenvalue weighted by Gasteiger charge is 2.24. The number of aliphatic hydroxyl groups is 1. The minimum Gasteiger partial charge on any atom is -0.390 e. The van der Waals surface area contributed by atoms with Gasteiger partial charge in [-0.2, -0.15) is 5.10 Å². The number of aromatic nitrogens is 2. The number of β-amino-alcohol motifs (C(OH)–C–C–N with tert-alkyl or cyclic N) is 1. The van der Waals surface area contributed by atoms with Gasteiger partial charge < -0.3 is 15.7 Å². The van der Waals surface area contributed by atoms with Crippen LogP contribution in [0.1, 0.15) is 23.4 Å². The van der Waals surface area contributed by atoms with Crippen molar-refractivity contribution >= 4 is 18.3 Å². The molecule has 0 unspecified atom stereocenters. The van der Waals surface area contributed by atoms with Crippen molar-refractivity contribution in [2.45, 2.75) is 45.9 Å². The summed E-state index contributed by atoms with van der Waals surface area (Å²) in [5.74, 6) is -0.100. The maximum absolute atomic E-state index is 12.0. The lowest BCUT2D eigenvalue weighted by atomic mass is 10.0. The van der Waals surface area contributed by atoms with Gasteiger partial charge in [-0.25, -0.2) is 0 Å². The van der Waals surface area contributed by atoms with Crippen LogP contribution in [0.3, 0.4) is 0 Å². The first-order valence-corrected chi connectivity index (χ1v) is 6.67. The number of aliphatic hydroxyl groups excluding tert-OH is 1. The molecule has 0 bridgehead atoms. The second kappa shape index (κ2) is 7.06. The molecular formula is C13H23ClN4O2. The topological polar surface area (TPSA) is 79.2 Å². The number of nitrogens with zero attached hydrogens (tertiary/aromatic N) is 2. The number of rotatable bonds is 3. The quantitative estimate of drug-likeness (QED) is 0.738. The zero-order valence-corrected chi connectivity index (χ0v) is 13.0. The molecule has 0 saturated carbocycles. The van der Waals surface area contributed by atoms with Crippen LogP contribution in [0.25, 0.3) is 0 Å². The Bertz CT molecular complexity index is 475. The van der Waals surface area contributed by atoms with Crippen LogP contribution in [-0.4, -0.2) is 46.0 Å². The highest BCUT2D eigenvalue weighted by atomic mass is 35.5. The van der Waals surface area contributed by atoms with E-state index in [1.807, 2.05) is 20.8 Å². The van der Waals surface area contributed by atoms with Crippen molar-refractivity contribution < 1.29 is 9.90 Å². The maximum Gasteiger partial charge on any atom is 0.242 e. The van der Waals surface area contributed by atoms with Crippen LogP contribution in [0.5, 0.6) is 0 Å². The van der Waals surface area contributed by atoms with Gasteiger partial charge in [-0.15, -0.1) is 12.4 Å². The van der Waals surface area contributed by atoms with Crippen molar-refractivity contribution in [1.29, 1.82) is 0 Å². The third kappa shape index (κ3) is 3.71. The Balaban J connectivity index is 0.00000200. The van der Waals surface area contributed by atoms with Crippen LogP contribution in [0.4, 0.5) is 0 Å². The van der Waals surface area contributed by atoms with Gasteiger partial charge in [-0.1, -0.05) is 0 Å². The van der Waals surface area contributed by atoms with E-state index in [0.717, 1.165) is 29.9 Å². The smallest absolute Gasteiger partial charge is 0.242 e. The second-order valence-electron chi connectivity index (χ2n) is 5.19. The monoisotopic (exact) mass is 302 g/mol. The summed E-state index contributed by atoms with van der Waals surface area (Å²) in [5.41, 5.74) is 3.08. The predicted molar refractivity (Wildman–Crippen MR) is 79.1 cm³/mol. The Hall–Kier alpha value is -1.11. The highest BCUT2D eigenvalue weighted by Crippen LogP contribution is 2.11. The third-order valence-electron chi connectivity index (χ3n) is 3.83. The Labute approximate surface area is 125 Å². The molecule has 1 aromatic heterocycles. The first-order valence-electron chi connectivity index (χ1n) is 6.67. The molecule has 0 spiro atoms. The number of nitrogens with one attached hydrogen (secondary N) is 2. The standard InChI is InChI=1S/C13H22N4O2.ClH/c1-8-9(2)16-17(10(8)3)7-13(19)15-11-4-5-14-6-12(11)18;/h11-12,14,18H,4-7H2,1-3H3,(H,15,19);1H/t11-,12-;/m1./s1. The van der Waals surface area contributed by atoms with Gasteiger partial charge in [0.1, 0.15) is 6.54 Å². The SMILES string of the molecule is Cc1nn(CC(=O)N[C@@H]2CCNC[C@H]2O)c(C)c1C.Cl. The van der Waals surface area contributed by atoms with Crippen LogP contribution < -0.4 is 10.6 Å². The number of carbonyl (C=O) groups is 1. The number of hydrogen-bond acceptors (Lipinski definition) is 4. The summed E-state index contributed by atoms with van der Waals surface area (Å²) in [5, 5.41) is 20.1.